The minimum absolute atomic E-state index is 0.170. The molecule has 4 heterocycles. The summed E-state index contributed by atoms with van der Waals surface area (Å²) < 4.78 is 0. The molecule has 0 spiro atoms. The fourth-order valence-electron chi connectivity index (χ4n) is 5.43. The van der Waals surface area contributed by atoms with Crippen LogP contribution in [-0.4, -0.2) is 35.3 Å². The molecule has 0 fully saturated rings. The van der Waals surface area contributed by atoms with Gasteiger partial charge in [-0.3, -0.25) is 19.9 Å². The van der Waals surface area contributed by atoms with Crippen molar-refractivity contribution in [2.24, 2.45) is 0 Å². The van der Waals surface area contributed by atoms with Crippen LogP contribution >= 0.6 is 0 Å². The van der Waals surface area contributed by atoms with Gasteiger partial charge in [-0.05, 0) is 126 Å². The van der Waals surface area contributed by atoms with E-state index in [1.165, 1.54) is 22.3 Å². The van der Waals surface area contributed by atoms with Crippen LogP contribution in [0.3, 0.4) is 0 Å². The standard InChI is InChI=1S/C19H16O3.2C12H12N2/c20-14-11-9-13(10-12-14)19(15-5-1-3-7-17(15)21)16-6-2-4-8-18(16)22;2*1(11-3-7-13-8-4-11)2-12-5-9-14-10-6-12/h1-12,19-22H;2*3-10H,1-2H2. The van der Waals surface area contributed by atoms with Gasteiger partial charge in [0.15, 0.2) is 0 Å². The Balaban J connectivity index is 0.000000152. The molecule has 0 saturated carbocycles. The predicted octanol–water partition coefficient (Wildman–Crippen LogP) is 8.51. The molecular formula is C43H40N4O3. The first-order valence-electron chi connectivity index (χ1n) is 16.5. The number of aromatic nitrogens is 4. The number of rotatable bonds is 9. The number of phenols is 3. The molecule has 7 rings (SSSR count). The van der Waals surface area contributed by atoms with Gasteiger partial charge < -0.3 is 15.3 Å². The zero-order chi connectivity index (χ0) is 34.8. The fourth-order valence-corrected chi connectivity index (χ4v) is 5.43. The number of benzene rings is 3. The Morgan fingerprint density at radius 3 is 0.960 bits per heavy atom. The van der Waals surface area contributed by atoms with Gasteiger partial charge in [0.25, 0.3) is 0 Å². The molecule has 0 aliphatic carbocycles. The first-order valence-corrected chi connectivity index (χ1v) is 16.5. The summed E-state index contributed by atoms with van der Waals surface area (Å²) in [7, 11) is 0. The van der Waals surface area contributed by atoms with Crippen molar-refractivity contribution in [2.75, 3.05) is 0 Å². The maximum atomic E-state index is 10.2. The second kappa shape index (κ2) is 18.9. The lowest BCUT2D eigenvalue weighted by Gasteiger charge is -2.20. The quantitative estimate of drug-likeness (QED) is 0.133. The molecule has 250 valence electrons. The van der Waals surface area contributed by atoms with E-state index >= 15 is 0 Å². The van der Waals surface area contributed by atoms with Gasteiger partial charge in [-0.15, -0.1) is 0 Å². The summed E-state index contributed by atoms with van der Waals surface area (Å²) in [6.45, 7) is 0. The third kappa shape index (κ3) is 10.9. The smallest absolute Gasteiger partial charge is 0.119 e. The van der Waals surface area contributed by atoms with Crippen LogP contribution < -0.4 is 0 Å². The van der Waals surface area contributed by atoms with Crippen LogP contribution in [0, 0.1) is 0 Å². The molecule has 0 unspecified atom stereocenters. The summed E-state index contributed by atoms with van der Waals surface area (Å²) in [4.78, 5) is 16.0. The van der Waals surface area contributed by atoms with E-state index in [0.717, 1.165) is 31.2 Å². The third-order valence-electron chi connectivity index (χ3n) is 8.12. The van der Waals surface area contributed by atoms with E-state index < -0.39 is 0 Å². The molecule has 0 aliphatic rings. The minimum atomic E-state index is -0.317. The highest BCUT2D eigenvalue weighted by Crippen LogP contribution is 2.40. The first-order chi connectivity index (χ1) is 24.6. The molecule has 7 heteroatoms. The molecule has 50 heavy (non-hydrogen) atoms. The van der Waals surface area contributed by atoms with Gasteiger partial charge in [-0.25, -0.2) is 0 Å². The molecule has 0 radical (unpaired) electrons. The topological polar surface area (TPSA) is 112 Å². The average Bonchev–Trinajstić information content (AvgIpc) is 3.18. The zero-order valence-corrected chi connectivity index (χ0v) is 27.7. The van der Waals surface area contributed by atoms with Crippen molar-refractivity contribution < 1.29 is 15.3 Å². The van der Waals surface area contributed by atoms with Crippen LogP contribution in [0.2, 0.25) is 0 Å². The van der Waals surface area contributed by atoms with Gasteiger partial charge in [-0.2, -0.15) is 0 Å². The van der Waals surface area contributed by atoms with Crippen molar-refractivity contribution in [3.63, 3.8) is 0 Å². The Morgan fingerprint density at radius 1 is 0.360 bits per heavy atom. The number of nitrogens with zero attached hydrogens (tertiary/aromatic N) is 4. The molecule has 0 atom stereocenters. The van der Waals surface area contributed by atoms with E-state index in [4.69, 9.17) is 0 Å². The summed E-state index contributed by atoms with van der Waals surface area (Å²) in [5.41, 5.74) is 7.60. The predicted molar refractivity (Wildman–Crippen MR) is 197 cm³/mol. The van der Waals surface area contributed by atoms with Crippen molar-refractivity contribution in [3.05, 3.63) is 210 Å². The van der Waals surface area contributed by atoms with E-state index in [9.17, 15) is 15.3 Å². The normalized spacial score (nSPS) is 10.3. The Bertz CT molecular complexity index is 1770. The van der Waals surface area contributed by atoms with E-state index in [1.807, 2.05) is 73.8 Å². The Kier molecular flexibility index (Phi) is 13.2. The third-order valence-corrected chi connectivity index (χ3v) is 8.12. The number of phenolic OH excluding ortho intramolecular Hbond substituents is 3. The van der Waals surface area contributed by atoms with Crippen molar-refractivity contribution in [2.45, 2.75) is 31.6 Å². The molecule has 0 aliphatic heterocycles. The number of aryl methyl sites for hydroxylation is 4. The number of hydrogen-bond acceptors (Lipinski definition) is 7. The average molecular weight is 661 g/mol. The number of pyridine rings is 4. The van der Waals surface area contributed by atoms with E-state index in [-0.39, 0.29) is 23.2 Å². The molecule has 7 nitrogen and oxygen atoms in total. The minimum Gasteiger partial charge on any atom is -0.508 e. The van der Waals surface area contributed by atoms with Crippen LogP contribution in [0.1, 0.15) is 44.9 Å². The first kappa shape index (κ1) is 35.0. The van der Waals surface area contributed by atoms with E-state index in [2.05, 4.69) is 68.5 Å². The molecule has 0 bridgehead atoms. The molecular weight excluding hydrogens is 620 g/mol. The lowest BCUT2D eigenvalue weighted by atomic mass is 9.84. The van der Waals surface area contributed by atoms with Crippen LogP contribution in [0.5, 0.6) is 17.2 Å². The molecule has 0 saturated heterocycles. The van der Waals surface area contributed by atoms with Gasteiger partial charge in [0, 0.05) is 66.6 Å². The van der Waals surface area contributed by atoms with Crippen molar-refractivity contribution in [3.8, 4) is 17.2 Å². The van der Waals surface area contributed by atoms with Crippen molar-refractivity contribution >= 4 is 0 Å². The zero-order valence-electron chi connectivity index (χ0n) is 27.7. The maximum Gasteiger partial charge on any atom is 0.119 e. The summed E-state index contributed by atoms with van der Waals surface area (Å²) in [5.74, 6) is 0.202. The molecule has 4 aromatic heterocycles. The monoisotopic (exact) mass is 660 g/mol. The lowest BCUT2D eigenvalue weighted by Crippen LogP contribution is -2.04. The summed E-state index contributed by atoms with van der Waals surface area (Å²) in [5, 5.41) is 29.9. The van der Waals surface area contributed by atoms with Gasteiger partial charge in [-0.1, -0.05) is 48.5 Å². The van der Waals surface area contributed by atoms with Gasteiger partial charge in [0.05, 0.1) is 0 Å². The second-order valence-corrected chi connectivity index (χ2v) is 11.6. The van der Waals surface area contributed by atoms with Crippen LogP contribution in [0.15, 0.2) is 171 Å². The van der Waals surface area contributed by atoms with Crippen LogP contribution in [0.4, 0.5) is 0 Å². The van der Waals surface area contributed by atoms with Crippen molar-refractivity contribution in [1.29, 1.82) is 0 Å². The maximum absolute atomic E-state index is 10.2. The fraction of sp³-hybridized carbons (Fsp3) is 0.116. The van der Waals surface area contributed by atoms with Crippen molar-refractivity contribution in [1.82, 2.24) is 19.9 Å². The van der Waals surface area contributed by atoms with Gasteiger partial charge in [0.1, 0.15) is 17.2 Å². The Morgan fingerprint density at radius 2 is 0.660 bits per heavy atom. The van der Waals surface area contributed by atoms with Crippen LogP contribution in [0.25, 0.3) is 0 Å². The number of aromatic hydroxyl groups is 3. The number of para-hydroxylation sites is 2. The summed E-state index contributed by atoms with van der Waals surface area (Å²) in [6, 6.07) is 37.4. The van der Waals surface area contributed by atoms with E-state index in [1.54, 1.807) is 48.5 Å². The van der Waals surface area contributed by atoms with Gasteiger partial charge in [0.2, 0.25) is 0 Å². The summed E-state index contributed by atoms with van der Waals surface area (Å²) >= 11 is 0. The number of hydrogen-bond donors (Lipinski definition) is 3. The molecule has 3 N–H and O–H groups in total. The van der Waals surface area contributed by atoms with Gasteiger partial charge >= 0.3 is 0 Å². The highest BCUT2D eigenvalue weighted by Gasteiger charge is 2.22. The SMILES string of the molecule is Oc1ccc(C(c2ccccc2O)c2ccccc2O)cc1.c1cc(CCc2ccncc2)ccn1.c1cc(CCc2ccncc2)ccn1. The summed E-state index contributed by atoms with van der Waals surface area (Å²) in [6.07, 6.45) is 18.9. The molecule has 7 aromatic rings. The Labute approximate surface area is 293 Å². The van der Waals surface area contributed by atoms with Crippen LogP contribution in [-0.2, 0) is 25.7 Å². The largest absolute Gasteiger partial charge is 0.508 e. The molecule has 0 amide bonds. The van der Waals surface area contributed by atoms with E-state index in [0.29, 0.717) is 11.1 Å². The highest BCUT2D eigenvalue weighted by molar-refractivity contribution is 5.52. The highest BCUT2D eigenvalue weighted by atomic mass is 16.3. The Hall–Kier alpha value is -6.34. The lowest BCUT2D eigenvalue weighted by molar-refractivity contribution is 0.458. The molecule has 3 aromatic carbocycles. The second-order valence-electron chi connectivity index (χ2n) is 11.6.